The molecule has 2 nitrogen and oxygen atoms in total. The fourth-order valence-corrected chi connectivity index (χ4v) is 1.73. The van der Waals surface area contributed by atoms with E-state index in [9.17, 15) is 4.39 Å². The normalized spacial score (nSPS) is 9.89. The molecule has 0 aliphatic heterocycles. The highest BCUT2D eigenvalue weighted by molar-refractivity contribution is 7.81. The molecule has 0 fully saturated rings. The monoisotopic (exact) mass is 261 g/mol. The van der Waals surface area contributed by atoms with Crippen LogP contribution in [0.5, 0.6) is 5.75 Å². The van der Waals surface area contributed by atoms with Crippen LogP contribution in [0.2, 0.25) is 0 Å². The third-order valence-electron chi connectivity index (χ3n) is 2.45. The van der Waals surface area contributed by atoms with Crippen molar-refractivity contribution in [2.45, 2.75) is 0 Å². The van der Waals surface area contributed by atoms with E-state index in [1.165, 1.54) is 12.1 Å². The second-order valence-electron chi connectivity index (χ2n) is 3.69. The molecule has 0 atom stereocenters. The minimum Gasteiger partial charge on any atom is -0.497 e. The summed E-state index contributed by atoms with van der Waals surface area (Å²) in [6, 6.07) is 13.5. The van der Waals surface area contributed by atoms with Crippen molar-refractivity contribution in [2.75, 3.05) is 12.4 Å². The first-order valence-electron chi connectivity index (χ1n) is 5.40. The van der Waals surface area contributed by atoms with E-state index < -0.39 is 0 Å². The molecule has 4 heteroatoms. The summed E-state index contributed by atoms with van der Waals surface area (Å²) >= 11 is 5.24. The van der Waals surface area contributed by atoms with Crippen LogP contribution in [0, 0.1) is 5.82 Å². The summed E-state index contributed by atoms with van der Waals surface area (Å²) < 4.78 is 17.9. The van der Waals surface area contributed by atoms with Gasteiger partial charge in [0.1, 0.15) is 16.6 Å². The molecule has 0 aliphatic carbocycles. The minimum absolute atomic E-state index is 0.272. The van der Waals surface area contributed by atoms with E-state index in [4.69, 9.17) is 17.0 Å². The maximum Gasteiger partial charge on any atom is 0.123 e. The van der Waals surface area contributed by atoms with E-state index in [1.54, 1.807) is 19.2 Å². The van der Waals surface area contributed by atoms with E-state index in [1.807, 2.05) is 24.3 Å². The average molecular weight is 261 g/mol. The van der Waals surface area contributed by atoms with Gasteiger partial charge in [0.2, 0.25) is 0 Å². The molecule has 0 bridgehead atoms. The van der Waals surface area contributed by atoms with Gasteiger partial charge in [-0.2, -0.15) is 0 Å². The Morgan fingerprint density at radius 2 is 1.67 bits per heavy atom. The third kappa shape index (κ3) is 3.05. The fraction of sp³-hybridized carbons (Fsp3) is 0.0714. The first-order chi connectivity index (χ1) is 8.69. The zero-order valence-electron chi connectivity index (χ0n) is 9.81. The topological polar surface area (TPSA) is 21.3 Å². The van der Waals surface area contributed by atoms with Gasteiger partial charge < -0.3 is 10.1 Å². The van der Waals surface area contributed by atoms with Crippen molar-refractivity contribution in [3.05, 3.63) is 59.9 Å². The van der Waals surface area contributed by atoms with Crippen molar-refractivity contribution in [3.63, 3.8) is 0 Å². The molecule has 0 unspecified atom stereocenters. The van der Waals surface area contributed by atoms with E-state index in [-0.39, 0.29) is 5.82 Å². The van der Waals surface area contributed by atoms with E-state index >= 15 is 0 Å². The molecular weight excluding hydrogens is 249 g/mol. The molecule has 0 saturated carbocycles. The second-order valence-corrected chi connectivity index (χ2v) is 4.10. The van der Waals surface area contributed by atoms with Crippen LogP contribution in [-0.2, 0) is 0 Å². The summed E-state index contributed by atoms with van der Waals surface area (Å²) in [7, 11) is 1.62. The van der Waals surface area contributed by atoms with Crippen molar-refractivity contribution >= 4 is 22.9 Å². The number of benzene rings is 2. The Morgan fingerprint density at radius 3 is 2.22 bits per heavy atom. The van der Waals surface area contributed by atoms with Gasteiger partial charge in [0.05, 0.1) is 7.11 Å². The number of ether oxygens (including phenoxy) is 1. The van der Waals surface area contributed by atoms with E-state index in [0.717, 1.165) is 17.0 Å². The van der Waals surface area contributed by atoms with Crippen LogP contribution in [0.3, 0.4) is 0 Å². The van der Waals surface area contributed by atoms with Gasteiger partial charge >= 0.3 is 0 Å². The van der Waals surface area contributed by atoms with Gasteiger partial charge in [-0.25, -0.2) is 4.39 Å². The largest absolute Gasteiger partial charge is 0.497 e. The quantitative estimate of drug-likeness (QED) is 0.853. The van der Waals surface area contributed by atoms with Crippen LogP contribution in [0.25, 0.3) is 0 Å². The highest BCUT2D eigenvalue weighted by Crippen LogP contribution is 2.16. The molecule has 0 saturated heterocycles. The number of anilines is 1. The summed E-state index contributed by atoms with van der Waals surface area (Å²) in [5.74, 6) is 0.513. The second kappa shape index (κ2) is 5.60. The van der Waals surface area contributed by atoms with Crippen LogP contribution in [0.15, 0.2) is 48.5 Å². The molecule has 1 N–H and O–H groups in total. The summed E-state index contributed by atoms with van der Waals surface area (Å²) in [5.41, 5.74) is 1.65. The van der Waals surface area contributed by atoms with Crippen molar-refractivity contribution in [2.24, 2.45) is 0 Å². The Balaban J connectivity index is 2.08. The zero-order chi connectivity index (χ0) is 13.0. The predicted molar refractivity (Wildman–Crippen MR) is 74.7 cm³/mol. The molecule has 2 aromatic rings. The Labute approximate surface area is 110 Å². The van der Waals surface area contributed by atoms with Crippen molar-refractivity contribution in [1.82, 2.24) is 0 Å². The number of hydrogen-bond donors (Lipinski definition) is 1. The molecule has 2 rings (SSSR count). The fourth-order valence-electron chi connectivity index (χ4n) is 1.48. The lowest BCUT2D eigenvalue weighted by Crippen LogP contribution is -2.10. The number of thiocarbonyl (C=S) groups is 1. The molecular formula is C14H12FNOS. The Morgan fingerprint density at radius 1 is 1.06 bits per heavy atom. The van der Waals surface area contributed by atoms with Crippen molar-refractivity contribution in [3.8, 4) is 5.75 Å². The van der Waals surface area contributed by atoms with Crippen LogP contribution < -0.4 is 10.1 Å². The van der Waals surface area contributed by atoms with E-state index in [0.29, 0.717) is 4.99 Å². The number of nitrogens with one attached hydrogen (secondary N) is 1. The highest BCUT2D eigenvalue weighted by atomic mass is 32.1. The predicted octanol–water partition coefficient (Wildman–Crippen LogP) is 3.62. The molecule has 0 amide bonds. The van der Waals surface area contributed by atoms with Crippen LogP contribution in [-0.4, -0.2) is 12.1 Å². The third-order valence-corrected chi connectivity index (χ3v) is 2.79. The van der Waals surface area contributed by atoms with Gasteiger partial charge in [0.15, 0.2) is 0 Å². The SMILES string of the molecule is COc1ccc(NC(=S)c2ccc(F)cc2)cc1. The maximum atomic E-state index is 12.8. The van der Waals surface area contributed by atoms with E-state index in [2.05, 4.69) is 5.32 Å². The average Bonchev–Trinajstić information content (AvgIpc) is 2.40. The molecule has 0 aliphatic rings. The first kappa shape index (κ1) is 12.5. The summed E-state index contributed by atoms with van der Waals surface area (Å²) in [6.45, 7) is 0. The zero-order valence-corrected chi connectivity index (χ0v) is 10.6. The highest BCUT2D eigenvalue weighted by Gasteiger charge is 2.02. The van der Waals surface area contributed by atoms with Crippen molar-refractivity contribution < 1.29 is 9.13 Å². The number of hydrogen-bond acceptors (Lipinski definition) is 2. The molecule has 0 spiro atoms. The lowest BCUT2D eigenvalue weighted by Gasteiger charge is -2.08. The Kier molecular flexibility index (Phi) is 3.89. The molecule has 2 aromatic carbocycles. The number of rotatable bonds is 3. The van der Waals surface area contributed by atoms with Crippen LogP contribution >= 0.6 is 12.2 Å². The summed E-state index contributed by atoms with van der Waals surface area (Å²) in [4.78, 5) is 0.556. The standard InChI is InChI=1S/C14H12FNOS/c1-17-13-8-6-12(7-9-13)16-14(18)10-2-4-11(15)5-3-10/h2-9H,1H3,(H,16,18). The van der Waals surface area contributed by atoms with Gasteiger partial charge in [0, 0.05) is 11.3 Å². The van der Waals surface area contributed by atoms with Crippen LogP contribution in [0.4, 0.5) is 10.1 Å². The maximum absolute atomic E-state index is 12.8. The summed E-state index contributed by atoms with van der Waals surface area (Å²) in [5, 5.41) is 3.08. The molecule has 0 heterocycles. The van der Waals surface area contributed by atoms with Gasteiger partial charge in [0.25, 0.3) is 0 Å². The van der Waals surface area contributed by atoms with Gasteiger partial charge in [-0.15, -0.1) is 0 Å². The smallest absolute Gasteiger partial charge is 0.123 e. The van der Waals surface area contributed by atoms with Gasteiger partial charge in [-0.1, -0.05) is 12.2 Å². The van der Waals surface area contributed by atoms with Crippen LogP contribution in [0.1, 0.15) is 5.56 Å². The Hall–Kier alpha value is -1.94. The first-order valence-corrected chi connectivity index (χ1v) is 5.81. The molecule has 92 valence electrons. The molecule has 0 aromatic heterocycles. The number of methoxy groups -OCH3 is 1. The lowest BCUT2D eigenvalue weighted by atomic mass is 10.2. The minimum atomic E-state index is -0.272. The van der Waals surface area contributed by atoms with Crippen molar-refractivity contribution in [1.29, 1.82) is 0 Å². The Bertz CT molecular complexity index is 537. The molecule has 18 heavy (non-hydrogen) atoms. The van der Waals surface area contributed by atoms with Gasteiger partial charge in [-0.05, 0) is 48.5 Å². The van der Waals surface area contributed by atoms with Gasteiger partial charge in [-0.3, -0.25) is 0 Å². The molecule has 0 radical (unpaired) electrons. The lowest BCUT2D eigenvalue weighted by molar-refractivity contribution is 0.415. The summed E-state index contributed by atoms with van der Waals surface area (Å²) in [6.07, 6.45) is 0. The number of halogens is 1.